The molecule has 0 aliphatic rings. The van der Waals surface area contributed by atoms with Crippen LogP contribution in [-0.2, 0) is 11.2 Å². The van der Waals surface area contributed by atoms with Gasteiger partial charge in [0.2, 0.25) is 5.91 Å². The number of nitrogens with one attached hydrogen (secondary N) is 1. The standard InChI is InChI=1S/C25H20N4OS/c1-17-9-8-14-29-23(17)28-22(18-10-4-2-5-11-18)24(29)27-21(30)15-20-16-31-25(26-20)19-12-6-3-7-13-19/h2-14,16H,15H2,1H3,(H,27,30). The van der Waals surface area contributed by atoms with Crippen molar-refractivity contribution in [1.82, 2.24) is 14.4 Å². The second-order valence-electron chi connectivity index (χ2n) is 7.29. The smallest absolute Gasteiger partial charge is 0.231 e. The van der Waals surface area contributed by atoms with Gasteiger partial charge in [0.25, 0.3) is 0 Å². The van der Waals surface area contributed by atoms with E-state index in [-0.39, 0.29) is 12.3 Å². The van der Waals surface area contributed by atoms with Crippen molar-refractivity contribution in [3.8, 4) is 21.8 Å². The van der Waals surface area contributed by atoms with Crippen molar-refractivity contribution in [2.75, 3.05) is 5.32 Å². The molecule has 0 bridgehead atoms. The molecule has 2 aromatic carbocycles. The number of rotatable bonds is 5. The van der Waals surface area contributed by atoms with Gasteiger partial charge in [-0.05, 0) is 18.6 Å². The van der Waals surface area contributed by atoms with E-state index in [1.54, 1.807) is 11.3 Å². The first-order valence-electron chi connectivity index (χ1n) is 10.0. The molecule has 31 heavy (non-hydrogen) atoms. The molecule has 0 aliphatic heterocycles. The monoisotopic (exact) mass is 424 g/mol. The Hall–Kier alpha value is -3.77. The Morgan fingerprint density at radius 2 is 1.65 bits per heavy atom. The molecule has 5 aromatic rings. The summed E-state index contributed by atoms with van der Waals surface area (Å²) in [4.78, 5) is 22.4. The quantitative estimate of drug-likeness (QED) is 0.399. The number of nitrogens with zero attached hydrogens (tertiary/aromatic N) is 3. The van der Waals surface area contributed by atoms with E-state index in [1.807, 2.05) is 95.7 Å². The molecule has 0 aliphatic carbocycles. The maximum Gasteiger partial charge on any atom is 0.231 e. The summed E-state index contributed by atoms with van der Waals surface area (Å²) in [6, 6.07) is 23.9. The summed E-state index contributed by atoms with van der Waals surface area (Å²) in [5.74, 6) is 0.554. The second-order valence-corrected chi connectivity index (χ2v) is 8.15. The van der Waals surface area contributed by atoms with Crippen LogP contribution in [0.25, 0.3) is 27.5 Å². The highest BCUT2D eigenvalue weighted by Crippen LogP contribution is 2.30. The molecule has 0 saturated heterocycles. The number of aryl methyl sites for hydroxylation is 1. The molecule has 152 valence electrons. The average Bonchev–Trinajstić information content (AvgIpc) is 3.41. The predicted molar refractivity (Wildman–Crippen MR) is 125 cm³/mol. The summed E-state index contributed by atoms with van der Waals surface area (Å²) in [7, 11) is 0. The molecule has 5 nitrogen and oxygen atoms in total. The van der Waals surface area contributed by atoms with Gasteiger partial charge in [0, 0.05) is 22.7 Å². The lowest BCUT2D eigenvalue weighted by Crippen LogP contribution is -2.16. The minimum atomic E-state index is -0.120. The van der Waals surface area contributed by atoms with Crippen molar-refractivity contribution < 1.29 is 4.79 Å². The minimum absolute atomic E-state index is 0.120. The first-order valence-corrected chi connectivity index (χ1v) is 10.9. The summed E-state index contributed by atoms with van der Waals surface area (Å²) < 4.78 is 1.94. The number of amides is 1. The number of fused-ring (bicyclic) bond motifs is 1. The summed E-state index contributed by atoms with van der Waals surface area (Å²) in [6.45, 7) is 2.02. The lowest BCUT2D eigenvalue weighted by atomic mass is 10.1. The van der Waals surface area contributed by atoms with Gasteiger partial charge in [-0.2, -0.15) is 0 Å². The number of pyridine rings is 1. The molecular weight excluding hydrogens is 404 g/mol. The van der Waals surface area contributed by atoms with E-state index >= 15 is 0 Å². The second kappa shape index (κ2) is 8.16. The van der Waals surface area contributed by atoms with Gasteiger partial charge in [-0.25, -0.2) is 9.97 Å². The van der Waals surface area contributed by atoms with Crippen molar-refractivity contribution in [3.05, 3.63) is 95.6 Å². The molecule has 5 rings (SSSR count). The van der Waals surface area contributed by atoms with Gasteiger partial charge in [-0.1, -0.05) is 66.7 Å². The van der Waals surface area contributed by atoms with Gasteiger partial charge >= 0.3 is 0 Å². The number of benzene rings is 2. The van der Waals surface area contributed by atoms with Gasteiger partial charge < -0.3 is 5.32 Å². The van der Waals surface area contributed by atoms with E-state index in [9.17, 15) is 4.79 Å². The van der Waals surface area contributed by atoms with Crippen LogP contribution >= 0.6 is 11.3 Å². The van der Waals surface area contributed by atoms with E-state index in [1.165, 1.54) is 0 Å². The molecule has 0 fully saturated rings. The molecule has 0 saturated carbocycles. The summed E-state index contributed by atoms with van der Waals surface area (Å²) in [6.07, 6.45) is 2.13. The van der Waals surface area contributed by atoms with Crippen LogP contribution in [0, 0.1) is 6.92 Å². The zero-order valence-corrected chi connectivity index (χ0v) is 17.8. The van der Waals surface area contributed by atoms with E-state index in [2.05, 4.69) is 10.3 Å². The van der Waals surface area contributed by atoms with Crippen molar-refractivity contribution >= 4 is 28.7 Å². The van der Waals surface area contributed by atoms with E-state index in [4.69, 9.17) is 4.98 Å². The molecule has 1 N–H and O–H groups in total. The van der Waals surface area contributed by atoms with Gasteiger partial charge in [0.1, 0.15) is 22.2 Å². The Balaban J connectivity index is 1.44. The first kappa shape index (κ1) is 19.2. The average molecular weight is 425 g/mol. The Morgan fingerprint density at radius 3 is 2.39 bits per heavy atom. The highest BCUT2D eigenvalue weighted by atomic mass is 32.1. The van der Waals surface area contributed by atoms with Crippen molar-refractivity contribution in [1.29, 1.82) is 0 Å². The van der Waals surface area contributed by atoms with Crippen molar-refractivity contribution in [2.24, 2.45) is 0 Å². The van der Waals surface area contributed by atoms with Crippen LogP contribution in [0.5, 0.6) is 0 Å². The van der Waals surface area contributed by atoms with Gasteiger partial charge in [-0.3, -0.25) is 9.20 Å². The minimum Gasteiger partial charge on any atom is -0.310 e. The van der Waals surface area contributed by atoms with Crippen LogP contribution in [0.1, 0.15) is 11.3 Å². The lowest BCUT2D eigenvalue weighted by Gasteiger charge is -2.07. The van der Waals surface area contributed by atoms with Gasteiger partial charge in [-0.15, -0.1) is 11.3 Å². The normalized spacial score (nSPS) is 11.0. The fraction of sp³-hybridized carbons (Fsp3) is 0.0800. The molecular formula is C25H20N4OS. The molecule has 6 heteroatoms. The van der Waals surface area contributed by atoms with Gasteiger partial charge in [0.05, 0.1) is 12.1 Å². The Bertz CT molecular complexity index is 1360. The number of hydrogen-bond acceptors (Lipinski definition) is 4. The molecule has 0 radical (unpaired) electrons. The van der Waals surface area contributed by atoms with Crippen LogP contribution in [0.2, 0.25) is 0 Å². The third kappa shape index (κ3) is 3.85. The third-order valence-corrected chi connectivity index (χ3v) is 6.00. The summed E-state index contributed by atoms with van der Waals surface area (Å²) in [5.41, 5.74) is 5.41. The Labute approximate surface area is 184 Å². The number of hydrogen-bond donors (Lipinski definition) is 1. The fourth-order valence-corrected chi connectivity index (χ4v) is 4.39. The Morgan fingerprint density at radius 1 is 0.935 bits per heavy atom. The van der Waals surface area contributed by atoms with Crippen molar-refractivity contribution in [2.45, 2.75) is 13.3 Å². The largest absolute Gasteiger partial charge is 0.310 e. The number of thiazole rings is 1. The van der Waals surface area contributed by atoms with Gasteiger partial charge in [0.15, 0.2) is 0 Å². The summed E-state index contributed by atoms with van der Waals surface area (Å²) in [5, 5.41) is 5.94. The number of aromatic nitrogens is 3. The van der Waals surface area contributed by atoms with Crippen LogP contribution in [0.4, 0.5) is 5.82 Å². The summed E-state index contributed by atoms with van der Waals surface area (Å²) >= 11 is 1.55. The van der Waals surface area contributed by atoms with E-state index < -0.39 is 0 Å². The zero-order valence-electron chi connectivity index (χ0n) is 16.9. The molecule has 3 aromatic heterocycles. The van der Waals surface area contributed by atoms with E-state index in [0.717, 1.165) is 38.7 Å². The number of anilines is 1. The third-order valence-electron chi connectivity index (χ3n) is 5.06. The zero-order chi connectivity index (χ0) is 21.2. The van der Waals surface area contributed by atoms with Crippen LogP contribution in [0.15, 0.2) is 84.4 Å². The number of carbonyl (C=O) groups is 1. The number of carbonyl (C=O) groups excluding carboxylic acids is 1. The van der Waals surface area contributed by atoms with Crippen molar-refractivity contribution in [3.63, 3.8) is 0 Å². The first-order chi connectivity index (χ1) is 15.2. The molecule has 0 spiro atoms. The molecule has 3 heterocycles. The van der Waals surface area contributed by atoms with Crippen LogP contribution < -0.4 is 5.32 Å². The molecule has 1 amide bonds. The highest BCUT2D eigenvalue weighted by Gasteiger charge is 2.18. The molecule has 0 atom stereocenters. The topological polar surface area (TPSA) is 59.3 Å². The number of imidazole rings is 1. The maximum atomic E-state index is 13.0. The lowest BCUT2D eigenvalue weighted by molar-refractivity contribution is -0.115. The highest BCUT2D eigenvalue weighted by molar-refractivity contribution is 7.13. The molecule has 0 unspecified atom stereocenters. The van der Waals surface area contributed by atoms with E-state index in [0.29, 0.717) is 5.82 Å². The fourth-order valence-electron chi connectivity index (χ4n) is 3.56. The SMILES string of the molecule is Cc1cccn2c(NC(=O)Cc3csc(-c4ccccc4)n3)c(-c3ccccc3)nc12. The van der Waals surface area contributed by atoms with Crippen LogP contribution in [-0.4, -0.2) is 20.3 Å². The maximum absolute atomic E-state index is 13.0. The predicted octanol–water partition coefficient (Wildman–Crippen LogP) is 5.61. The van der Waals surface area contributed by atoms with Crippen LogP contribution in [0.3, 0.4) is 0 Å². The Kier molecular flexibility index (Phi) is 5.06.